The molecule has 0 atom stereocenters. The predicted molar refractivity (Wildman–Crippen MR) is 106 cm³/mol. The van der Waals surface area contributed by atoms with Gasteiger partial charge in [-0.25, -0.2) is 0 Å². The summed E-state index contributed by atoms with van der Waals surface area (Å²) in [6.07, 6.45) is 4.28. The molecule has 0 heterocycles. The summed E-state index contributed by atoms with van der Waals surface area (Å²) in [6.45, 7) is 6.44. The van der Waals surface area contributed by atoms with E-state index in [9.17, 15) is 0 Å². The van der Waals surface area contributed by atoms with Gasteiger partial charge >= 0.3 is 0 Å². The topological polar surface area (TPSA) is 12.0 Å². The van der Waals surface area contributed by atoms with Gasteiger partial charge in [-0.2, -0.15) is 0 Å². The van der Waals surface area contributed by atoms with Crippen molar-refractivity contribution in [2.24, 2.45) is 0 Å². The van der Waals surface area contributed by atoms with Gasteiger partial charge < -0.3 is 5.32 Å². The van der Waals surface area contributed by atoms with Crippen LogP contribution in [0.25, 0.3) is 12.2 Å². The highest BCUT2D eigenvalue weighted by atomic mass is 14.9. The van der Waals surface area contributed by atoms with Gasteiger partial charge in [0.2, 0.25) is 0 Å². The maximum absolute atomic E-state index is 3.54. The summed E-state index contributed by atoms with van der Waals surface area (Å²) in [5.41, 5.74) is 8.58. The Morgan fingerprint density at radius 2 is 1.21 bits per heavy atom. The van der Waals surface area contributed by atoms with E-state index in [-0.39, 0.29) is 0 Å². The van der Waals surface area contributed by atoms with Crippen molar-refractivity contribution in [1.82, 2.24) is 0 Å². The number of nitrogens with one attached hydrogen (secondary N) is 1. The van der Waals surface area contributed by atoms with E-state index in [1.807, 2.05) is 6.07 Å². The lowest BCUT2D eigenvalue weighted by atomic mass is 10.0. The first kappa shape index (κ1) is 16.1. The van der Waals surface area contributed by atoms with Crippen molar-refractivity contribution >= 4 is 23.5 Å². The molecule has 1 heteroatoms. The van der Waals surface area contributed by atoms with E-state index in [0.29, 0.717) is 0 Å². The van der Waals surface area contributed by atoms with Crippen molar-refractivity contribution in [2.75, 3.05) is 5.32 Å². The van der Waals surface area contributed by atoms with Crippen molar-refractivity contribution in [3.05, 3.63) is 94.5 Å². The third kappa shape index (κ3) is 3.94. The minimum absolute atomic E-state index is 1.11. The molecule has 24 heavy (non-hydrogen) atoms. The first-order valence-corrected chi connectivity index (χ1v) is 8.30. The zero-order chi connectivity index (χ0) is 16.9. The van der Waals surface area contributed by atoms with Gasteiger partial charge in [0, 0.05) is 11.4 Å². The Labute approximate surface area is 144 Å². The first-order chi connectivity index (χ1) is 11.6. The lowest BCUT2D eigenvalue weighted by Gasteiger charge is -2.14. The Balaban J connectivity index is 1.75. The molecule has 0 saturated carbocycles. The molecule has 0 bridgehead atoms. The highest BCUT2D eigenvalue weighted by Gasteiger charge is 2.04. The maximum Gasteiger partial charge on any atom is 0.0443 e. The lowest BCUT2D eigenvalue weighted by molar-refractivity contribution is 1.31. The number of hydrogen-bond donors (Lipinski definition) is 1. The van der Waals surface area contributed by atoms with Crippen LogP contribution >= 0.6 is 0 Å². The summed E-state index contributed by atoms with van der Waals surface area (Å²) in [5, 5.41) is 3.54. The SMILES string of the molecule is Cc1cc(C)c(Nc2ccc(C=Cc3ccccc3)cc2)c(C)c1. The normalized spacial score (nSPS) is 11.0. The van der Waals surface area contributed by atoms with Crippen LogP contribution in [0.15, 0.2) is 66.7 Å². The average molecular weight is 313 g/mol. The van der Waals surface area contributed by atoms with Gasteiger partial charge in [-0.1, -0.05) is 72.3 Å². The quantitative estimate of drug-likeness (QED) is 0.540. The summed E-state index contributed by atoms with van der Waals surface area (Å²) >= 11 is 0. The second-order valence-corrected chi connectivity index (χ2v) is 6.26. The molecule has 0 unspecified atom stereocenters. The van der Waals surface area contributed by atoms with Crippen LogP contribution in [0.3, 0.4) is 0 Å². The third-order valence-electron chi connectivity index (χ3n) is 4.12. The maximum atomic E-state index is 3.54. The van der Waals surface area contributed by atoms with E-state index in [4.69, 9.17) is 0 Å². The molecule has 0 aliphatic carbocycles. The fourth-order valence-electron chi connectivity index (χ4n) is 2.96. The van der Waals surface area contributed by atoms with Crippen molar-refractivity contribution in [3.8, 4) is 0 Å². The number of rotatable bonds is 4. The molecule has 0 aliphatic heterocycles. The van der Waals surface area contributed by atoms with Crippen LogP contribution in [-0.4, -0.2) is 0 Å². The Bertz CT molecular complexity index is 820. The van der Waals surface area contributed by atoms with E-state index < -0.39 is 0 Å². The molecule has 0 saturated heterocycles. The molecule has 0 amide bonds. The summed E-state index contributed by atoms with van der Waals surface area (Å²) in [4.78, 5) is 0. The zero-order valence-electron chi connectivity index (χ0n) is 14.5. The average Bonchev–Trinajstić information content (AvgIpc) is 2.58. The monoisotopic (exact) mass is 313 g/mol. The molecule has 0 aliphatic rings. The smallest absolute Gasteiger partial charge is 0.0443 e. The summed E-state index contributed by atoms with van der Waals surface area (Å²) in [7, 11) is 0. The van der Waals surface area contributed by atoms with Gasteiger partial charge in [-0.15, -0.1) is 0 Å². The Morgan fingerprint density at radius 3 is 1.79 bits per heavy atom. The molecule has 120 valence electrons. The van der Waals surface area contributed by atoms with Gasteiger partial charge in [0.05, 0.1) is 0 Å². The number of benzene rings is 3. The molecular formula is C23H23N. The minimum atomic E-state index is 1.11. The van der Waals surface area contributed by atoms with Gasteiger partial charge in [0.25, 0.3) is 0 Å². The third-order valence-corrected chi connectivity index (χ3v) is 4.12. The van der Waals surface area contributed by atoms with Gasteiger partial charge in [-0.05, 0) is 55.2 Å². The highest BCUT2D eigenvalue weighted by molar-refractivity contribution is 5.72. The molecule has 3 rings (SSSR count). The van der Waals surface area contributed by atoms with Crippen molar-refractivity contribution in [1.29, 1.82) is 0 Å². The Hall–Kier alpha value is -2.80. The lowest BCUT2D eigenvalue weighted by Crippen LogP contribution is -1.97. The van der Waals surface area contributed by atoms with E-state index in [1.165, 1.54) is 33.5 Å². The molecule has 0 radical (unpaired) electrons. The molecule has 3 aromatic carbocycles. The summed E-state index contributed by atoms with van der Waals surface area (Å²) < 4.78 is 0. The fourth-order valence-corrected chi connectivity index (χ4v) is 2.96. The van der Waals surface area contributed by atoms with Crippen LogP contribution in [0.1, 0.15) is 27.8 Å². The molecule has 1 N–H and O–H groups in total. The highest BCUT2D eigenvalue weighted by Crippen LogP contribution is 2.26. The summed E-state index contributed by atoms with van der Waals surface area (Å²) in [6, 6.07) is 23.3. The Kier molecular flexibility index (Phi) is 4.81. The van der Waals surface area contributed by atoms with E-state index in [1.54, 1.807) is 0 Å². The first-order valence-electron chi connectivity index (χ1n) is 8.30. The number of aryl methyl sites for hydroxylation is 3. The van der Waals surface area contributed by atoms with Gasteiger partial charge in [-0.3, -0.25) is 0 Å². The van der Waals surface area contributed by atoms with Crippen LogP contribution in [0.5, 0.6) is 0 Å². The molecule has 3 aromatic rings. The molecule has 0 fully saturated rings. The molecule has 0 aromatic heterocycles. The summed E-state index contributed by atoms with van der Waals surface area (Å²) in [5.74, 6) is 0. The minimum Gasteiger partial charge on any atom is -0.355 e. The van der Waals surface area contributed by atoms with Crippen LogP contribution in [0.2, 0.25) is 0 Å². The zero-order valence-corrected chi connectivity index (χ0v) is 14.5. The fraction of sp³-hybridized carbons (Fsp3) is 0.130. The van der Waals surface area contributed by atoms with E-state index in [2.05, 4.69) is 98.9 Å². The second-order valence-electron chi connectivity index (χ2n) is 6.26. The van der Waals surface area contributed by atoms with Gasteiger partial charge in [0.15, 0.2) is 0 Å². The van der Waals surface area contributed by atoms with E-state index in [0.717, 1.165) is 5.69 Å². The molecule has 0 spiro atoms. The van der Waals surface area contributed by atoms with Crippen LogP contribution < -0.4 is 5.32 Å². The van der Waals surface area contributed by atoms with Crippen LogP contribution in [0.4, 0.5) is 11.4 Å². The van der Waals surface area contributed by atoms with Crippen LogP contribution in [-0.2, 0) is 0 Å². The molecular weight excluding hydrogens is 290 g/mol. The standard InChI is InChI=1S/C23H23N/c1-17-15-18(2)23(19(3)16-17)24-22-13-11-21(12-14-22)10-9-20-7-5-4-6-8-20/h4-16,24H,1-3H3. The number of hydrogen-bond acceptors (Lipinski definition) is 1. The second kappa shape index (κ2) is 7.18. The van der Waals surface area contributed by atoms with E-state index >= 15 is 0 Å². The predicted octanol–water partition coefficient (Wildman–Crippen LogP) is 6.53. The van der Waals surface area contributed by atoms with Crippen LogP contribution in [0, 0.1) is 20.8 Å². The van der Waals surface area contributed by atoms with Crippen molar-refractivity contribution in [2.45, 2.75) is 20.8 Å². The Morgan fingerprint density at radius 1 is 0.667 bits per heavy atom. The van der Waals surface area contributed by atoms with Crippen molar-refractivity contribution < 1.29 is 0 Å². The van der Waals surface area contributed by atoms with Gasteiger partial charge in [0.1, 0.15) is 0 Å². The number of anilines is 2. The largest absolute Gasteiger partial charge is 0.355 e. The van der Waals surface area contributed by atoms with Crippen molar-refractivity contribution in [3.63, 3.8) is 0 Å². The molecule has 1 nitrogen and oxygen atoms in total.